The first-order chi connectivity index (χ1) is 12.7. The zero-order valence-electron chi connectivity index (χ0n) is 14.1. The van der Waals surface area contributed by atoms with Gasteiger partial charge in [0.25, 0.3) is 0 Å². The number of methoxy groups -OCH3 is 1. The normalized spacial score (nSPS) is 11.6. The van der Waals surface area contributed by atoms with Crippen molar-refractivity contribution in [3.63, 3.8) is 0 Å². The number of para-hydroxylation sites is 1. The molecule has 132 valence electrons. The minimum Gasteiger partial charge on any atom is -0.474 e. The molecule has 0 N–H and O–H groups in total. The van der Waals surface area contributed by atoms with Crippen LogP contribution in [0.5, 0.6) is 5.75 Å². The second-order valence-electron chi connectivity index (χ2n) is 5.46. The van der Waals surface area contributed by atoms with Crippen LogP contribution in [0.25, 0.3) is 0 Å². The minimum absolute atomic E-state index is 0.438. The molecule has 5 heteroatoms. The maximum Gasteiger partial charge on any atom is 0.351 e. The predicted molar refractivity (Wildman–Crippen MR) is 104 cm³/mol. The molecule has 0 bridgehead atoms. The fourth-order valence-electron chi connectivity index (χ4n) is 2.34. The highest BCUT2D eigenvalue weighted by Gasteiger charge is 2.23. The van der Waals surface area contributed by atoms with Crippen LogP contribution < -0.4 is 4.74 Å². The lowest BCUT2D eigenvalue weighted by Gasteiger charge is -2.17. The average molecular weight is 385 g/mol. The van der Waals surface area contributed by atoms with Crippen LogP contribution in [0.4, 0.5) is 0 Å². The fourth-order valence-corrected chi connectivity index (χ4v) is 3.29. The van der Waals surface area contributed by atoms with Crippen LogP contribution in [0.3, 0.4) is 0 Å². The molecule has 0 aliphatic heterocycles. The van der Waals surface area contributed by atoms with Crippen LogP contribution in [0, 0.1) is 0 Å². The Morgan fingerprint density at radius 2 is 1.46 bits per heavy atom. The van der Waals surface area contributed by atoms with E-state index >= 15 is 0 Å². The number of hydrogen-bond donors (Lipinski definition) is 0. The van der Waals surface area contributed by atoms with Crippen LogP contribution >= 0.6 is 23.4 Å². The Morgan fingerprint density at radius 3 is 2.04 bits per heavy atom. The number of benzene rings is 3. The lowest BCUT2D eigenvalue weighted by atomic mass is 10.1. The first-order valence-electron chi connectivity index (χ1n) is 7.98. The highest BCUT2D eigenvalue weighted by atomic mass is 35.5. The molecule has 3 nitrogen and oxygen atoms in total. The van der Waals surface area contributed by atoms with Gasteiger partial charge in [0.1, 0.15) is 5.75 Å². The van der Waals surface area contributed by atoms with Crippen molar-refractivity contribution in [3.05, 3.63) is 89.4 Å². The van der Waals surface area contributed by atoms with E-state index in [9.17, 15) is 4.79 Å². The van der Waals surface area contributed by atoms with Gasteiger partial charge < -0.3 is 9.47 Å². The van der Waals surface area contributed by atoms with E-state index in [-0.39, 0.29) is 0 Å². The molecular formula is C21H17ClO3S. The lowest BCUT2D eigenvalue weighted by molar-refractivity contribution is -0.149. The summed E-state index contributed by atoms with van der Waals surface area (Å²) in [6, 6.07) is 24.5. The first kappa shape index (κ1) is 18.4. The van der Waals surface area contributed by atoms with Gasteiger partial charge in [-0.1, -0.05) is 53.7 Å². The monoisotopic (exact) mass is 384 g/mol. The summed E-state index contributed by atoms with van der Waals surface area (Å²) in [6.07, 6.45) is -0.808. The van der Waals surface area contributed by atoms with Gasteiger partial charge in [-0.3, -0.25) is 0 Å². The summed E-state index contributed by atoms with van der Waals surface area (Å²) < 4.78 is 10.7. The van der Waals surface area contributed by atoms with Gasteiger partial charge in [-0.05, 0) is 48.5 Å². The summed E-state index contributed by atoms with van der Waals surface area (Å²) in [7, 11) is 1.36. The van der Waals surface area contributed by atoms with Gasteiger partial charge in [-0.15, -0.1) is 0 Å². The van der Waals surface area contributed by atoms with Gasteiger partial charge in [0.2, 0.25) is 6.10 Å². The van der Waals surface area contributed by atoms with Crippen LogP contribution in [0.2, 0.25) is 5.02 Å². The number of esters is 1. The van der Waals surface area contributed by atoms with Crippen LogP contribution in [-0.4, -0.2) is 13.1 Å². The van der Waals surface area contributed by atoms with Crippen LogP contribution in [-0.2, 0) is 9.53 Å². The van der Waals surface area contributed by atoms with Crippen molar-refractivity contribution < 1.29 is 14.3 Å². The Labute approximate surface area is 161 Å². The summed E-state index contributed by atoms with van der Waals surface area (Å²) in [6.45, 7) is 0. The number of ether oxygens (including phenoxy) is 2. The molecule has 0 aliphatic carbocycles. The van der Waals surface area contributed by atoms with E-state index in [1.165, 1.54) is 7.11 Å². The third-order valence-corrected chi connectivity index (χ3v) is 4.91. The number of carbonyl (C=O) groups is 1. The molecule has 1 atom stereocenters. The van der Waals surface area contributed by atoms with Crippen molar-refractivity contribution in [2.45, 2.75) is 15.9 Å². The van der Waals surface area contributed by atoms with Crippen LogP contribution in [0.1, 0.15) is 11.7 Å². The second kappa shape index (κ2) is 8.79. The third-order valence-electron chi connectivity index (χ3n) is 3.64. The van der Waals surface area contributed by atoms with Gasteiger partial charge in [0.15, 0.2) is 0 Å². The molecule has 0 aliphatic rings. The molecule has 3 rings (SSSR count). The van der Waals surface area contributed by atoms with Crippen molar-refractivity contribution >= 4 is 29.3 Å². The van der Waals surface area contributed by atoms with Gasteiger partial charge in [-0.25, -0.2) is 4.79 Å². The van der Waals surface area contributed by atoms with Gasteiger partial charge in [0.05, 0.1) is 7.11 Å². The Balaban J connectivity index is 1.77. The number of halogens is 1. The highest BCUT2D eigenvalue weighted by molar-refractivity contribution is 7.99. The quantitative estimate of drug-likeness (QED) is 0.504. The second-order valence-corrected chi connectivity index (χ2v) is 7.04. The van der Waals surface area contributed by atoms with E-state index in [0.29, 0.717) is 10.8 Å². The topological polar surface area (TPSA) is 35.5 Å². The fraction of sp³-hybridized carbons (Fsp3) is 0.0952. The summed E-state index contributed by atoms with van der Waals surface area (Å²) >= 11 is 7.53. The zero-order chi connectivity index (χ0) is 18.4. The Morgan fingerprint density at radius 1 is 0.885 bits per heavy atom. The SMILES string of the molecule is COC(=O)C(Oc1ccccc1)c1ccc(Sc2ccc(Cl)cc2)cc1. The highest BCUT2D eigenvalue weighted by Crippen LogP contribution is 2.30. The molecule has 0 saturated heterocycles. The van der Waals surface area contributed by atoms with Gasteiger partial charge in [0, 0.05) is 20.4 Å². The summed E-state index contributed by atoms with van der Waals surface area (Å²) in [5.41, 5.74) is 0.737. The van der Waals surface area contributed by atoms with E-state index in [1.54, 1.807) is 23.9 Å². The first-order valence-corrected chi connectivity index (χ1v) is 9.18. The van der Waals surface area contributed by atoms with Crippen molar-refractivity contribution in [2.24, 2.45) is 0 Å². The predicted octanol–water partition coefficient (Wildman–Crippen LogP) is 5.78. The number of carbonyl (C=O) groups excluding carboxylic acids is 1. The van der Waals surface area contributed by atoms with Crippen LogP contribution in [0.15, 0.2) is 88.7 Å². The van der Waals surface area contributed by atoms with Crippen molar-refractivity contribution in [3.8, 4) is 5.75 Å². The number of rotatable bonds is 6. The average Bonchev–Trinajstić information content (AvgIpc) is 2.69. The molecule has 26 heavy (non-hydrogen) atoms. The minimum atomic E-state index is -0.808. The van der Waals surface area contributed by atoms with E-state index in [4.69, 9.17) is 21.1 Å². The molecule has 0 radical (unpaired) electrons. The molecule has 0 amide bonds. The Hall–Kier alpha value is -2.43. The molecular weight excluding hydrogens is 368 g/mol. The standard InChI is InChI=1S/C21H17ClO3S/c1-24-21(23)20(25-17-5-3-2-4-6-17)15-7-11-18(12-8-15)26-19-13-9-16(22)10-14-19/h2-14,20H,1H3. The van der Waals surface area contributed by atoms with Gasteiger partial charge >= 0.3 is 5.97 Å². The molecule has 0 saturated carbocycles. The number of hydrogen-bond acceptors (Lipinski definition) is 4. The molecule has 0 spiro atoms. The summed E-state index contributed by atoms with van der Waals surface area (Å²) in [5, 5.41) is 0.712. The Bertz CT molecular complexity index is 849. The van der Waals surface area contributed by atoms with Crippen molar-refractivity contribution in [1.29, 1.82) is 0 Å². The van der Waals surface area contributed by atoms with E-state index in [2.05, 4.69) is 0 Å². The Kier molecular flexibility index (Phi) is 6.21. The summed E-state index contributed by atoms with van der Waals surface area (Å²) in [4.78, 5) is 14.3. The molecule has 3 aromatic rings. The molecule has 1 unspecified atom stereocenters. The van der Waals surface area contributed by atoms with E-state index < -0.39 is 12.1 Å². The van der Waals surface area contributed by atoms with Crippen molar-refractivity contribution in [1.82, 2.24) is 0 Å². The van der Waals surface area contributed by atoms with Crippen molar-refractivity contribution in [2.75, 3.05) is 7.11 Å². The zero-order valence-corrected chi connectivity index (χ0v) is 15.7. The van der Waals surface area contributed by atoms with E-state index in [0.717, 1.165) is 15.4 Å². The molecule has 0 aromatic heterocycles. The molecule has 3 aromatic carbocycles. The smallest absolute Gasteiger partial charge is 0.351 e. The molecule has 0 fully saturated rings. The third kappa shape index (κ3) is 4.81. The largest absolute Gasteiger partial charge is 0.474 e. The van der Waals surface area contributed by atoms with Gasteiger partial charge in [-0.2, -0.15) is 0 Å². The maximum atomic E-state index is 12.2. The lowest BCUT2D eigenvalue weighted by Crippen LogP contribution is -2.20. The molecule has 0 heterocycles. The van der Waals surface area contributed by atoms with E-state index in [1.807, 2.05) is 66.7 Å². The maximum absolute atomic E-state index is 12.2. The summed E-state index contributed by atoms with van der Waals surface area (Å²) in [5.74, 6) is 0.175.